The number of H-pyrrole nitrogens is 1. The average Bonchev–Trinajstić information content (AvgIpc) is 3.47. The lowest BCUT2D eigenvalue weighted by molar-refractivity contribution is -0.199. The molecule has 4 aromatic rings. The molecule has 2 atom stereocenters. The van der Waals surface area contributed by atoms with E-state index >= 15 is 0 Å². The minimum absolute atomic E-state index is 0.387. The summed E-state index contributed by atoms with van der Waals surface area (Å²) in [5.41, 5.74) is 4.28. The van der Waals surface area contributed by atoms with Crippen LogP contribution < -0.4 is 4.90 Å². The number of pyridine rings is 2. The van der Waals surface area contributed by atoms with Crippen LogP contribution in [0.15, 0.2) is 64.1 Å². The molecule has 0 aliphatic carbocycles. The van der Waals surface area contributed by atoms with E-state index in [1.165, 1.54) is 7.11 Å². The van der Waals surface area contributed by atoms with Gasteiger partial charge in [0.2, 0.25) is 0 Å². The minimum Gasteiger partial charge on any atom is -0.378 e. The summed E-state index contributed by atoms with van der Waals surface area (Å²) in [5, 5.41) is 8.07. The number of nitrogens with one attached hydrogen (secondary N) is 1. The summed E-state index contributed by atoms with van der Waals surface area (Å²) in [6, 6.07) is 13.6. The van der Waals surface area contributed by atoms with Gasteiger partial charge in [-0.1, -0.05) is 12.1 Å². The lowest BCUT2D eigenvalue weighted by atomic mass is 10.00. The van der Waals surface area contributed by atoms with Crippen molar-refractivity contribution in [1.82, 2.24) is 20.2 Å². The van der Waals surface area contributed by atoms with Gasteiger partial charge in [0.15, 0.2) is 0 Å². The average molecular weight is 537 g/mol. The Balaban J connectivity index is 1.63. The summed E-state index contributed by atoms with van der Waals surface area (Å²) in [6.45, 7) is 6.72. The van der Waals surface area contributed by atoms with E-state index in [0.717, 1.165) is 52.3 Å². The molecule has 5 rings (SSSR count). The molecule has 10 nitrogen and oxygen atoms in total. The van der Waals surface area contributed by atoms with Crippen LogP contribution in [0.5, 0.6) is 0 Å². The molecule has 0 spiro atoms. The lowest BCUT2D eigenvalue weighted by Gasteiger charge is -2.28. The van der Waals surface area contributed by atoms with Gasteiger partial charge in [-0.3, -0.25) is 10.1 Å². The van der Waals surface area contributed by atoms with Gasteiger partial charge in [0, 0.05) is 62.7 Å². The van der Waals surface area contributed by atoms with Crippen LogP contribution in [0.2, 0.25) is 0 Å². The largest absolute Gasteiger partial charge is 0.378 e. The molecule has 0 radical (unpaired) electrons. The summed E-state index contributed by atoms with van der Waals surface area (Å²) in [7, 11) is -1.30. The zero-order valence-corrected chi connectivity index (χ0v) is 22.8. The third-order valence-corrected chi connectivity index (χ3v) is 8.37. The van der Waals surface area contributed by atoms with E-state index in [9.17, 15) is 4.21 Å². The molecule has 3 aromatic heterocycles. The summed E-state index contributed by atoms with van der Waals surface area (Å²) in [6.07, 6.45) is 5.08. The predicted octanol–water partition coefficient (Wildman–Crippen LogP) is 4.34. The SMILES string of the molecule is CCOC(C)(N=S(C)(=O)c1ccc(-c2cc(N3CCOCC3)nc3c(-c4ccn[nH]4)nccc23)cc1)OC. The Kier molecular flexibility index (Phi) is 7.44. The molecule has 1 aliphatic rings. The first-order valence-electron chi connectivity index (χ1n) is 12.5. The zero-order chi connectivity index (χ0) is 26.8. The van der Waals surface area contributed by atoms with Gasteiger partial charge >= 0.3 is 0 Å². The fraction of sp³-hybridized carbons (Fsp3) is 0.370. The van der Waals surface area contributed by atoms with E-state index in [2.05, 4.69) is 30.5 Å². The van der Waals surface area contributed by atoms with Crippen molar-refractivity contribution in [3.05, 3.63) is 54.9 Å². The van der Waals surface area contributed by atoms with Crippen LogP contribution in [0.25, 0.3) is 33.4 Å². The van der Waals surface area contributed by atoms with E-state index in [1.54, 1.807) is 25.6 Å². The second-order valence-electron chi connectivity index (χ2n) is 9.11. The van der Waals surface area contributed by atoms with Gasteiger partial charge in [0.25, 0.3) is 5.91 Å². The summed E-state index contributed by atoms with van der Waals surface area (Å²) in [5.74, 6) is -0.431. The van der Waals surface area contributed by atoms with Gasteiger partial charge in [-0.15, -0.1) is 0 Å². The van der Waals surface area contributed by atoms with Crippen molar-refractivity contribution in [1.29, 1.82) is 0 Å². The summed E-state index contributed by atoms with van der Waals surface area (Å²) >= 11 is 0. The normalized spacial score (nSPS) is 17.2. The molecule has 38 heavy (non-hydrogen) atoms. The van der Waals surface area contributed by atoms with Crippen molar-refractivity contribution in [2.24, 2.45) is 4.36 Å². The number of morpholine rings is 1. The Labute approximate surface area is 222 Å². The third-order valence-electron chi connectivity index (χ3n) is 6.54. The molecule has 200 valence electrons. The van der Waals surface area contributed by atoms with Crippen molar-refractivity contribution < 1.29 is 18.4 Å². The molecule has 0 bridgehead atoms. The Morgan fingerprint density at radius 2 is 1.92 bits per heavy atom. The minimum atomic E-state index is -2.79. The Morgan fingerprint density at radius 3 is 2.58 bits per heavy atom. The fourth-order valence-corrected chi connectivity index (χ4v) is 6.07. The standard InChI is InChI=1S/C27H32N6O4S/c1-5-37-27(2,35-3)32-38(4,34)20-8-6-19(7-9-20)22-18-24(33-14-16-36-17-15-33)30-25-21(22)10-12-28-26(25)23-11-13-29-31-23/h6-13,18H,5,14-17H2,1-4H3,(H,29,31). The van der Waals surface area contributed by atoms with Crippen LogP contribution in [0.4, 0.5) is 5.82 Å². The van der Waals surface area contributed by atoms with E-state index in [4.69, 9.17) is 19.2 Å². The van der Waals surface area contributed by atoms with Gasteiger partial charge in [-0.2, -0.15) is 9.46 Å². The maximum absolute atomic E-state index is 13.6. The molecular weight excluding hydrogens is 504 g/mol. The maximum atomic E-state index is 13.6. The Hall–Kier alpha value is -3.38. The number of methoxy groups -OCH3 is 1. The van der Waals surface area contributed by atoms with Crippen molar-refractivity contribution in [3.8, 4) is 22.5 Å². The summed E-state index contributed by atoms with van der Waals surface area (Å²) < 4.78 is 34.5. The Bertz CT molecular complexity index is 1530. The maximum Gasteiger partial charge on any atom is 0.274 e. The number of ether oxygens (including phenoxy) is 3. The van der Waals surface area contributed by atoms with E-state index < -0.39 is 15.6 Å². The van der Waals surface area contributed by atoms with E-state index in [-0.39, 0.29) is 0 Å². The lowest BCUT2D eigenvalue weighted by Crippen LogP contribution is -2.36. The van der Waals surface area contributed by atoms with Crippen molar-refractivity contribution in [3.63, 3.8) is 0 Å². The fourth-order valence-electron chi connectivity index (χ4n) is 4.56. The van der Waals surface area contributed by atoms with Crippen LogP contribution >= 0.6 is 0 Å². The molecule has 4 heterocycles. The van der Waals surface area contributed by atoms with Crippen molar-refractivity contribution in [2.75, 3.05) is 51.2 Å². The molecule has 1 fully saturated rings. The Morgan fingerprint density at radius 1 is 1.16 bits per heavy atom. The number of aromatic amines is 1. The number of hydrogen-bond acceptors (Lipinski definition) is 9. The highest BCUT2D eigenvalue weighted by molar-refractivity contribution is 7.93. The third kappa shape index (κ3) is 5.28. The van der Waals surface area contributed by atoms with Crippen LogP contribution in [0.3, 0.4) is 0 Å². The molecule has 0 amide bonds. The highest BCUT2D eigenvalue weighted by Gasteiger charge is 2.26. The van der Waals surface area contributed by atoms with Gasteiger partial charge in [-0.05, 0) is 48.4 Å². The van der Waals surface area contributed by atoms with E-state index in [1.807, 2.05) is 43.3 Å². The van der Waals surface area contributed by atoms with Crippen LogP contribution in [0.1, 0.15) is 13.8 Å². The number of hydrogen-bond donors (Lipinski definition) is 1. The smallest absolute Gasteiger partial charge is 0.274 e. The van der Waals surface area contributed by atoms with Gasteiger partial charge in [0.05, 0.1) is 28.6 Å². The van der Waals surface area contributed by atoms with Crippen LogP contribution in [-0.4, -0.2) is 76.6 Å². The van der Waals surface area contributed by atoms with Crippen LogP contribution in [0, 0.1) is 0 Å². The van der Waals surface area contributed by atoms with Gasteiger partial charge in [0.1, 0.15) is 17.0 Å². The molecule has 1 saturated heterocycles. The van der Waals surface area contributed by atoms with Crippen molar-refractivity contribution in [2.45, 2.75) is 24.7 Å². The monoisotopic (exact) mass is 536 g/mol. The topological polar surface area (TPSA) is 115 Å². The first kappa shape index (κ1) is 26.2. The second-order valence-corrected chi connectivity index (χ2v) is 11.4. The highest BCUT2D eigenvalue weighted by Crippen LogP contribution is 2.35. The quantitative estimate of drug-likeness (QED) is 0.331. The number of nitrogens with zero attached hydrogens (tertiary/aromatic N) is 5. The first-order chi connectivity index (χ1) is 18.3. The zero-order valence-electron chi connectivity index (χ0n) is 22.0. The molecule has 2 unspecified atom stereocenters. The summed E-state index contributed by atoms with van der Waals surface area (Å²) in [4.78, 5) is 12.5. The predicted molar refractivity (Wildman–Crippen MR) is 147 cm³/mol. The first-order valence-corrected chi connectivity index (χ1v) is 14.4. The van der Waals surface area contributed by atoms with Crippen LogP contribution in [-0.2, 0) is 23.9 Å². The molecule has 0 saturated carbocycles. The van der Waals surface area contributed by atoms with E-state index in [0.29, 0.717) is 24.7 Å². The molecule has 1 aliphatic heterocycles. The molecular formula is C27H32N6O4S. The second kappa shape index (κ2) is 10.8. The number of benzene rings is 1. The van der Waals surface area contributed by atoms with Gasteiger partial charge in [-0.25, -0.2) is 9.19 Å². The van der Waals surface area contributed by atoms with Gasteiger partial charge < -0.3 is 19.1 Å². The number of fused-ring (bicyclic) bond motifs is 1. The number of rotatable bonds is 8. The number of anilines is 1. The molecule has 11 heteroatoms. The van der Waals surface area contributed by atoms with Crippen molar-refractivity contribution >= 4 is 26.4 Å². The number of aromatic nitrogens is 4. The highest BCUT2D eigenvalue weighted by atomic mass is 32.2. The molecule has 1 aromatic carbocycles. The molecule has 1 N–H and O–H groups in total.